The van der Waals surface area contributed by atoms with E-state index >= 15 is 0 Å². The highest BCUT2D eigenvalue weighted by Crippen LogP contribution is 2.20. The number of aromatic nitrogens is 1. The van der Waals surface area contributed by atoms with E-state index in [4.69, 9.17) is 9.84 Å². The van der Waals surface area contributed by atoms with E-state index in [9.17, 15) is 9.59 Å². The number of aliphatic carboxylic acids is 1. The number of amides is 1. The molecule has 28 heavy (non-hydrogen) atoms. The summed E-state index contributed by atoms with van der Waals surface area (Å²) >= 11 is 0. The molecule has 1 aliphatic rings. The fraction of sp³-hybridized carbons (Fsp3) is 0.381. The van der Waals surface area contributed by atoms with Crippen LogP contribution in [0.15, 0.2) is 42.5 Å². The zero-order chi connectivity index (χ0) is 20.1. The molecule has 3 rings (SSSR count). The van der Waals surface area contributed by atoms with Gasteiger partial charge >= 0.3 is 5.97 Å². The van der Waals surface area contributed by atoms with Gasteiger partial charge in [-0.1, -0.05) is 30.3 Å². The van der Waals surface area contributed by atoms with Crippen molar-refractivity contribution < 1.29 is 19.4 Å². The Labute approximate surface area is 164 Å². The van der Waals surface area contributed by atoms with Gasteiger partial charge in [-0.15, -0.1) is 0 Å². The van der Waals surface area contributed by atoms with E-state index < -0.39 is 5.97 Å². The van der Waals surface area contributed by atoms with Crippen molar-refractivity contribution in [2.75, 3.05) is 39.8 Å². The molecule has 1 fully saturated rings. The molecule has 0 saturated carbocycles. The van der Waals surface area contributed by atoms with Gasteiger partial charge in [0.2, 0.25) is 0 Å². The third kappa shape index (κ3) is 4.94. The SMILES string of the molecule is Cc1nc(-c2ccccc2)ccc1C(=O)N1CCOC(CN(C)CC(=O)O)C1. The van der Waals surface area contributed by atoms with Crippen molar-refractivity contribution in [2.24, 2.45) is 0 Å². The number of pyridine rings is 1. The number of likely N-dealkylation sites (N-methyl/N-ethyl adjacent to an activating group) is 1. The van der Waals surface area contributed by atoms with Crippen LogP contribution in [-0.4, -0.2) is 77.7 Å². The summed E-state index contributed by atoms with van der Waals surface area (Å²) in [6.07, 6.45) is -0.209. The molecule has 1 aromatic heterocycles. The first-order chi connectivity index (χ1) is 13.4. The van der Waals surface area contributed by atoms with Crippen LogP contribution in [0.25, 0.3) is 11.3 Å². The van der Waals surface area contributed by atoms with Crippen LogP contribution in [0.1, 0.15) is 16.1 Å². The molecule has 1 amide bonds. The zero-order valence-electron chi connectivity index (χ0n) is 16.2. The summed E-state index contributed by atoms with van der Waals surface area (Å²) in [6, 6.07) is 13.5. The first-order valence-corrected chi connectivity index (χ1v) is 9.28. The number of ether oxygens (including phenoxy) is 1. The number of rotatable bonds is 6. The Balaban J connectivity index is 1.68. The maximum atomic E-state index is 13.0. The van der Waals surface area contributed by atoms with E-state index in [1.807, 2.05) is 49.4 Å². The number of benzene rings is 1. The molecular weight excluding hydrogens is 358 g/mol. The molecule has 1 aromatic carbocycles. The van der Waals surface area contributed by atoms with Crippen molar-refractivity contribution in [3.63, 3.8) is 0 Å². The largest absolute Gasteiger partial charge is 0.480 e. The Morgan fingerprint density at radius 3 is 2.68 bits per heavy atom. The van der Waals surface area contributed by atoms with Gasteiger partial charge in [-0.2, -0.15) is 0 Å². The molecule has 1 N–H and O–H groups in total. The average molecular weight is 383 g/mol. The second-order valence-electron chi connectivity index (χ2n) is 7.03. The van der Waals surface area contributed by atoms with Gasteiger partial charge in [-0.25, -0.2) is 0 Å². The molecular formula is C21H25N3O4. The first kappa shape index (κ1) is 20.0. The summed E-state index contributed by atoms with van der Waals surface area (Å²) in [7, 11) is 1.73. The lowest BCUT2D eigenvalue weighted by atomic mass is 10.1. The Morgan fingerprint density at radius 2 is 2.00 bits per heavy atom. The Bertz CT molecular complexity index is 841. The van der Waals surface area contributed by atoms with Crippen molar-refractivity contribution in [1.29, 1.82) is 0 Å². The lowest BCUT2D eigenvalue weighted by Crippen LogP contribution is -2.49. The van der Waals surface area contributed by atoms with Gasteiger partial charge in [0, 0.05) is 25.2 Å². The molecule has 0 bridgehead atoms. The number of hydrogen-bond acceptors (Lipinski definition) is 5. The number of carboxylic acids is 1. The third-order valence-corrected chi connectivity index (χ3v) is 4.73. The summed E-state index contributed by atoms with van der Waals surface area (Å²) in [4.78, 5) is 31.9. The summed E-state index contributed by atoms with van der Waals surface area (Å²) in [5.74, 6) is -0.953. The number of carbonyl (C=O) groups excluding carboxylic acids is 1. The third-order valence-electron chi connectivity index (χ3n) is 4.73. The van der Waals surface area contributed by atoms with Gasteiger partial charge in [-0.05, 0) is 26.1 Å². The van der Waals surface area contributed by atoms with Crippen LogP contribution >= 0.6 is 0 Å². The second-order valence-corrected chi connectivity index (χ2v) is 7.03. The Morgan fingerprint density at radius 1 is 1.25 bits per heavy atom. The minimum absolute atomic E-state index is 0.0578. The zero-order valence-corrected chi connectivity index (χ0v) is 16.2. The lowest BCUT2D eigenvalue weighted by molar-refractivity contribution is -0.138. The molecule has 7 nitrogen and oxygen atoms in total. The molecule has 0 aliphatic carbocycles. The van der Waals surface area contributed by atoms with Gasteiger partial charge in [0.1, 0.15) is 0 Å². The standard InChI is InChI=1S/C21H25N3O4/c1-15-18(8-9-19(22-15)16-6-4-3-5-7-16)21(27)24-10-11-28-17(13-24)12-23(2)14-20(25)26/h3-9,17H,10-14H2,1-2H3,(H,25,26). The minimum atomic E-state index is -0.883. The number of nitrogens with zero attached hydrogens (tertiary/aromatic N) is 3. The van der Waals surface area contributed by atoms with Crippen LogP contribution in [0.5, 0.6) is 0 Å². The predicted molar refractivity (Wildman–Crippen MR) is 105 cm³/mol. The summed E-state index contributed by atoms with van der Waals surface area (Å²) in [6.45, 7) is 3.63. The average Bonchev–Trinajstić information content (AvgIpc) is 2.67. The molecule has 1 unspecified atom stereocenters. The quantitative estimate of drug-likeness (QED) is 0.821. The molecule has 1 aliphatic heterocycles. The minimum Gasteiger partial charge on any atom is -0.480 e. The van der Waals surface area contributed by atoms with Crippen LogP contribution in [0.3, 0.4) is 0 Å². The van der Waals surface area contributed by atoms with Gasteiger partial charge in [-0.3, -0.25) is 19.5 Å². The predicted octanol–water partition coefficient (Wildman–Crippen LogP) is 1.91. The smallest absolute Gasteiger partial charge is 0.317 e. The molecule has 2 heterocycles. The summed E-state index contributed by atoms with van der Waals surface area (Å²) in [5.41, 5.74) is 3.12. The maximum Gasteiger partial charge on any atom is 0.317 e. The van der Waals surface area contributed by atoms with E-state index in [1.165, 1.54) is 0 Å². The molecule has 2 aromatic rings. The van der Waals surface area contributed by atoms with Crippen molar-refractivity contribution >= 4 is 11.9 Å². The van der Waals surface area contributed by atoms with E-state index in [2.05, 4.69) is 4.98 Å². The van der Waals surface area contributed by atoms with E-state index in [1.54, 1.807) is 16.8 Å². The molecule has 0 spiro atoms. The highest BCUT2D eigenvalue weighted by atomic mass is 16.5. The van der Waals surface area contributed by atoms with Crippen molar-refractivity contribution in [1.82, 2.24) is 14.8 Å². The van der Waals surface area contributed by atoms with Gasteiger partial charge < -0.3 is 14.7 Å². The van der Waals surface area contributed by atoms with Gasteiger partial charge in [0.05, 0.1) is 36.2 Å². The highest BCUT2D eigenvalue weighted by Gasteiger charge is 2.27. The number of morpholine rings is 1. The van der Waals surface area contributed by atoms with Crippen LogP contribution in [0.4, 0.5) is 0 Å². The van der Waals surface area contributed by atoms with Crippen LogP contribution < -0.4 is 0 Å². The lowest BCUT2D eigenvalue weighted by Gasteiger charge is -2.34. The van der Waals surface area contributed by atoms with E-state index in [0.29, 0.717) is 37.5 Å². The summed E-state index contributed by atoms with van der Waals surface area (Å²) in [5, 5.41) is 8.88. The Kier molecular flexibility index (Phi) is 6.38. The molecule has 7 heteroatoms. The van der Waals surface area contributed by atoms with Crippen LogP contribution in [-0.2, 0) is 9.53 Å². The van der Waals surface area contributed by atoms with Gasteiger partial charge in [0.15, 0.2) is 0 Å². The fourth-order valence-electron chi connectivity index (χ4n) is 3.38. The normalized spacial score (nSPS) is 17.0. The number of hydrogen-bond donors (Lipinski definition) is 1. The molecule has 1 atom stereocenters. The van der Waals surface area contributed by atoms with Crippen molar-refractivity contribution in [2.45, 2.75) is 13.0 Å². The van der Waals surface area contributed by atoms with Crippen molar-refractivity contribution in [3.05, 3.63) is 53.7 Å². The fourth-order valence-corrected chi connectivity index (χ4v) is 3.38. The second kappa shape index (κ2) is 8.95. The topological polar surface area (TPSA) is 83.0 Å². The van der Waals surface area contributed by atoms with E-state index in [-0.39, 0.29) is 18.6 Å². The first-order valence-electron chi connectivity index (χ1n) is 9.28. The maximum absolute atomic E-state index is 13.0. The summed E-state index contributed by atoms with van der Waals surface area (Å²) < 4.78 is 5.71. The van der Waals surface area contributed by atoms with E-state index in [0.717, 1.165) is 11.3 Å². The molecule has 0 radical (unpaired) electrons. The molecule has 1 saturated heterocycles. The van der Waals surface area contributed by atoms with Crippen LogP contribution in [0.2, 0.25) is 0 Å². The monoisotopic (exact) mass is 383 g/mol. The number of carbonyl (C=O) groups is 2. The van der Waals surface area contributed by atoms with Gasteiger partial charge in [0.25, 0.3) is 5.91 Å². The molecule has 148 valence electrons. The Hall–Kier alpha value is -2.77. The van der Waals surface area contributed by atoms with Crippen LogP contribution in [0, 0.1) is 6.92 Å². The highest BCUT2D eigenvalue weighted by molar-refractivity contribution is 5.95. The number of aryl methyl sites for hydroxylation is 1. The number of carboxylic acid groups (broad SMARTS) is 1. The van der Waals surface area contributed by atoms with Crippen molar-refractivity contribution in [3.8, 4) is 11.3 Å².